The standard InChI is InChI=1S/C8H9N5S/c9-4-6-3-7(1-2-10-6)14-8-11-5-12-13-8/h1-3,5H,4,9H2,(H,11,12,13). The van der Waals surface area contributed by atoms with Gasteiger partial charge in [0.05, 0.1) is 5.69 Å². The van der Waals surface area contributed by atoms with Crippen LogP contribution >= 0.6 is 11.8 Å². The summed E-state index contributed by atoms with van der Waals surface area (Å²) in [4.78, 5) is 9.17. The summed E-state index contributed by atoms with van der Waals surface area (Å²) >= 11 is 1.50. The SMILES string of the molecule is NCc1cc(Sc2ncn[nH]2)ccn1. The second-order valence-corrected chi connectivity index (χ2v) is 3.64. The van der Waals surface area contributed by atoms with E-state index in [2.05, 4.69) is 20.2 Å². The molecule has 3 N–H and O–H groups in total. The molecule has 0 aliphatic rings. The lowest BCUT2D eigenvalue weighted by Crippen LogP contribution is -1.98. The van der Waals surface area contributed by atoms with E-state index in [1.807, 2.05) is 12.1 Å². The molecule has 0 radical (unpaired) electrons. The maximum absolute atomic E-state index is 5.48. The highest BCUT2D eigenvalue weighted by Crippen LogP contribution is 2.23. The van der Waals surface area contributed by atoms with Crippen molar-refractivity contribution in [1.29, 1.82) is 0 Å². The molecular weight excluding hydrogens is 198 g/mol. The number of aromatic nitrogens is 4. The van der Waals surface area contributed by atoms with E-state index in [9.17, 15) is 0 Å². The summed E-state index contributed by atoms with van der Waals surface area (Å²) in [6, 6.07) is 3.85. The van der Waals surface area contributed by atoms with Crippen molar-refractivity contribution in [2.45, 2.75) is 16.6 Å². The molecule has 14 heavy (non-hydrogen) atoms. The predicted octanol–water partition coefficient (Wildman–Crippen LogP) is 0.810. The normalized spacial score (nSPS) is 10.4. The second kappa shape index (κ2) is 4.21. The topological polar surface area (TPSA) is 80.5 Å². The molecule has 0 aromatic carbocycles. The van der Waals surface area contributed by atoms with Crippen LogP contribution in [-0.4, -0.2) is 20.2 Å². The third-order valence-corrected chi connectivity index (χ3v) is 2.48. The number of rotatable bonds is 3. The van der Waals surface area contributed by atoms with E-state index in [0.29, 0.717) is 6.54 Å². The molecule has 2 aromatic rings. The lowest BCUT2D eigenvalue weighted by atomic mass is 10.3. The summed E-state index contributed by atoms with van der Waals surface area (Å²) in [6.07, 6.45) is 3.22. The van der Waals surface area contributed by atoms with Crippen LogP contribution in [0.5, 0.6) is 0 Å². The Kier molecular flexibility index (Phi) is 2.76. The van der Waals surface area contributed by atoms with Gasteiger partial charge in [0, 0.05) is 17.6 Å². The van der Waals surface area contributed by atoms with E-state index in [0.717, 1.165) is 15.7 Å². The monoisotopic (exact) mass is 207 g/mol. The van der Waals surface area contributed by atoms with E-state index < -0.39 is 0 Å². The molecule has 0 saturated heterocycles. The van der Waals surface area contributed by atoms with E-state index >= 15 is 0 Å². The van der Waals surface area contributed by atoms with Gasteiger partial charge in [-0.1, -0.05) is 11.8 Å². The number of nitrogens with two attached hydrogens (primary N) is 1. The van der Waals surface area contributed by atoms with Gasteiger partial charge < -0.3 is 5.73 Å². The summed E-state index contributed by atoms with van der Waals surface area (Å²) in [5.74, 6) is 0. The molecule has 0 aliphatic heterocycles. The summed E-state index contributed by atoms with van der Waals surface area (Å²) in [7, 11) is 0. The van der Waals surface area contributed by atoms with Crippen molar-refractivity contribution in [3.8, 4) is 0 Å². The molecule has 0 bridgehead atoms. The Morgan fingerprint density at radius 3 is 3.07 bits per heavy atom. The number of hydrogen-bond acceptors (Lipinski definition) is 5. The van der Waals surface area contributed by atoms with Gasteiger partial charge in [0.1, 0.15) is 6.33 Å². The minimum absolute atomic E-state index is 0.449. The molecule has 0 spiro atoms. The largest absolute Gasteiger partial charge is 0.325 e. The zero-order valence-electron chi connectivity index (χ0n) is 7.34. The van der Waals surface area contributed by atoms with Crippen LogP contribution in [0.3, 0.4) is 0 Å². The molecule has 72 valence electrons. The highest BCUT2D eigenvalue weighted by molar-refractivity contribution is 7.99. The lowest BCUT2D eigenvalue weighted by molar-refractivity contribution is 0.962. The molecule has 2 aromatic heterocycles. The van der Waals surface area contributed by atoms with Crippen LogP contribution in [0.4, 0.5) is 0 Å². The Balaban J connectivity index is 2.17. The van der Waals surface area contributed by atoms with E-state index in [1.165, 1.54) is 18.1 Å². The molecule has 0 fully saturated rings. The Morgan fingerprint density at radius 2 is 2.36 bits per heavy atom. The van der Waals surface area contributed by atoms with Gasteiger partial charge in [0.25, 0.3) is 0 Å². The number of hydrogen-bond donors (Lipinski definition) is 2. The molecule has 6 heteroatoms. The van der Waals surface area contributed by atoms with Crippen molar-refractivity contribution >= 4 is 11.8 Å². The zero-order chi connectivity index (χ0) is 9.80. The Morgan fingerprint density at radius 1 is 1.43 bits per heavy atom. The predicted molar refractivity (Wildman–Crippen MR) is 52.6 cm³/mol. The van der Waals surface area contributed by atoms with Gasteiger partial charge in [-0.2, -0.15) is 5.10 Å². The van der Waals surface area contributed by atoms with Crippen LogP contribution in [0, 0.1) is 0 Å². The van der Waals surface area contributed by atoms with Gasteiger partial charge in [-0.05, 0) is 12.1 Å². The quantitative estimate of drug-likeness (QED) is 0.778. The number of pyridine rings is 1. The molecule has 2 heterocycles. The maximum atomic E-state index is 5.48. The van der Waals surface area contributed by atoms with Gasteiger partial charge in [-0.3, -0.25) is 10.1 Å². The minimum atomic E-state index is 0.449. The highest BCUT2D eigenvalue weighted by atomic mass is 32.2. The van der Waals surface area contributed by atoms with Crippen LogP contribution in [0.15, 0.2) is 34.7 Å². The van der Waals surface area contributed by atoms with Crippen molar-refractivity contribution in [2.75, 3.05) is 0 Å². The first kappa shape index (κ1) is 9.17. The molecule has 2 rings (SSSR count). The maximum Gasteiger partial charge on any atom is 0.188 e. The number of nitrogens with zero attached hydrogens (tertiary/aromatic N) is 3. The van der Waals surface area contributed by atoms with Gasteiger partial charge in [-0.25, -0.2) is 4.98 Å². The van der Waals surface area contributed by atoms with Crippen molar-refractivity contribution in [3.63, 3.8) is 0 Å². The molecule has 0 amide bonds. The van der Waals surface area contributed by atoms with Crippen LogP contribution in [0.2, 0.25) is 0 Å². The van der Waals surface area contributed by atoms with Gasteiger partial charge in [0.2, 0.25) is 0 Å². The molecule has 5 nitrogen and oxygen atoms in total. The fourth-order valence-corrected chi connectivity index (χ4v) is 1.73. The highest BCUT2D eigenvalue weighted by Gasteiger charge is 2.00. The van der Waals surface area contributed by atoms with Gasteiger partial charge in [-0.15, -0.1) is 0 Å². The van der Waals surface area contributed by atoms with Gasteiger partial charge >= 0.3 is 0 Å². The first-order chi connectivity index (χ1) is 6.88. The first-order valence-electron chi connectivity index (χ1n) is 4.06. The molecule has 0 unspecified atom stereocenters. The minimum Gasteiger partial charge on any atom is -0.325 e. The lowest BCUT2D eigenvalue weighted by Gasteiger charge is -1.99. The number of nitrogens with one attached hydrogen (secondary N) is 1. The summed E-state index contributed by atoms with van der Waals surface area (Å²) in [6.45, 7) is 0.449. The number of aromatic amines is 1. The second-order valence-electron chi connectivity index (χ2n) is 2.58. The van der Waals surface area contributed by atoms with Crippen molar-refractivity contribution in [3.05, 3.63) is 30.4 Å². The van der Waals surface area contributed by atoms with Crippen molar-refractivity contribution < 1.29 is 0 Å². The molecule has 0 atom stereocenters. The third kappa shape index (κ3) is 2.09. The van der Waals surface area contributed by atoms with Crippen LogP contribution in [0.1, 0.15) is 5.69 Å². The average Bonchev–Trinajstić information content (AvgIpc) is 2.71. The van der Waals surface area contributed by atoms with Crippen molar-refractivity contribution in [2.24, 2.45) is 5.73 Å². The smallest absolute Gasteiger partial charge is 0.188 e. The fourth-order valence-electron chi connectivity index (χ4n) is 0.986. The fraction of sp³-hybridized carbons (Fsp3) is 0.125. The van der Waals surface area contributed by atoms with E-state index in [1.54, 1.807) is 6.20 Å². The van der Waals surface area contributed by atoms with Crippen molar-refractivity contribution in [1.82, 2.24) is 20.2 Å². The van der Waals surface area contributed by atoms with Crippen LogP contribution in [-0.2, 0) is 6.54 Å². The third-order valence-electron chi connectivity index (χ3n) is 1.60. The van der Waals surface area contributed by atoms with Crippen LogP contribution in [0.25, 0.3) is 0 Å². The van der Waals surface area contributed by atoms with Crippen LogP contribution < -0.4 is 5.73 Å². The van der Waals surface area contributed by atoms with Gasteiger partial charge in [0.15, 0.2) is 5.16 Å². The summed E-state index contributed by atoms with van der Waals surface area (Å²) < 4.78 is 0. The Bertz CT molecular complexity index is 400. The van der Waals surface area contributed by atoms with E-state index in [-0.39, 0.29) is 0 Å². The molecule has 0 aliphatic carbocycles. The molecule has 0 saturated carbocycles. The Labute approximate surface area is 85.2 Å². The average molecular weight is 207 g/mol. The number of H-pyrrole nitrogens is 1. The zero-order valence-corrected chi connectivity index (χ0v) is 8.16. The molecular formula is C8H9N5S. The summed E-state index contributed by atoms with van der Waals surface area (Å²) in [5.41, 5.74) is 6.35. The Hall–Kier alpha value is -1.40. The first-order valence-corrected chi connectivity index (χ1v) is 4.88. The van der Waals surface area contributed by atoms with E-state index in [4.69, 9.17) is 5.73 Å². The summed E-state index contributed by atoms with van der Waals surface area (Å²) in [5, 5.41) is 7.30.